The van der Waals surface area contributed by atoms with Gasteiger partial charge in [-0.15, -0.1) is 0 Å². The molecule has 0 aliphatic carbocycles. The molecule has 0 atom stereocenters. The van der Waals surface area contributed by atoms with Gasteiger partial charge in [-0.1, -0.05) is 11.6 Å². The highest BCUT2D eigenvalue weighted by Gasteiger charge is 2.17. The summed E-state index contributed by atoms with van der Waals surface area (Å²) in [7, 11) is 1.75. The fraction of sp³-hybridized carbons (Fsp3) is 0.286. The van der Waals surface area contributed by atoms with E-state index < -0.39 is 0 Å². The van der Waals surface area contributed by atoms with Gasteiger partial charge in [0, 0.05) is 31.8 Å². The first-order valence-electron chi connectivity index (χ1n) is 6.53. The highest BCUT2D eigenvalue weighted by atomic mass is 35.5. The van der Waals surface area contributed by atoms with Crippen LogP contribution in [0.25, 0.3) is 0 Å². The molecule has 0 fully saturated rings. The zero-order valence-electron chi connectivity index (χ0n) is 11.4. The zero-order valence-corrected chi connectivity index (χ0v) is 12.2. The van der Waals surface area contributed by atoms with Crippen molar-refractivity contribution < 1.29 is 14.3 Å². The Labute approximate surface area is 126 Å². The number of rotatable bonds is 2. The Morgan fingerprint density at radius 1 is 1.33 bits per heavy atom. The molecule has 0 unspecified atom stereocenters. The number of nitrogens with one attached hydrogen (secondary N) is 1. The second kappa shape index (κ2) is 5.65. The van der Waals surface area contributed by atoms with Crippen molar-refractivity contribution >= 4 is 23.2 Å². The monoisotopic (exact) mass is 307 g/mol. The fourth-order valence-electron chi connectivity index (χ4n) is 2.00. The molecule has 0 spiro atoms. The average molecular weight is 308 g/mol. The Hall–Kier alpha value is -2.21. The van der Waals surface area contributed by atoms with Crippen LogP contribution in [0.3, 0.4) is 0 Å². The predicted molar refractivity (Wildman–Crippen MR) is 78.2 cm³/mol. The molecule has 0 saturated carbocycles. The van der Waals surface area contributed by atoms with Crippen LogP contribution < -0.4 is 14.8 Å². The Bertz CT molecular complexity index is 684. The van der Waals surface area contributed by atoms with Crippen LogP contribution in [0.1, 0.15) is 16.9 Å². The minimum Gasteiger partial charge on any atom is -0.490 e. The van der Waals surface area contributed by atoms with Crippen LogP contribution in [0, 0.1) is 0 Å². The fourth-order valence-corrected chi connectivity index (χ4v) is 2.20. The van der Waals surface area contributed by atoms with Crippen molar-refractivity contribution in [1.29, 1.82) is 0 Å². The van der Waals surface area contributed by atoms with Crippen LogP contribution in [0.2, 0.25) is 5.02 Å². The number of aromatic nitrogens is 2. The Morgan fingerprint density at radius 2 is 2.05 bits per heavy atom. The molecule has 21 heavy (non-hydrogen) atoms. The smallest absolute Gasteiger partial charge is 0.276 e. The first-order chi connectivity index (χ1) is 10.1. The van der Waals surface area contributed by atoms with Crippen LogP contribution in [0.4, 0.5) is 5.69 Å². The number of nitrogens with zero attached hydrogens (tertiary/aromatic N) is 2. The third kappa shape index (κ3) is 2.95. The summed E-state index contributed by atoms with van der Waals surface area (Å²) in [6.07, 6.45) is 2.51. The minimum absolute atomic E-state index is 0.320. The molecule has 1 aromatic heterocycles. The molecule has 3 rings (SSSR count). The van der Waals surface area contributed by atoms with Gasteiger partial charge in [-0.3, -0.25) is 9.48 Å². The topological polar surface area (TPSA) is 65.4 Å². The number of carbonyl (C=O) groups is 1. The summed E-state index contributed by atoms with van der Waals surface area (Å²) in [5.74, 6) is 0.841. The van der Waals surface area contributed by atoms with Crippen molar-refractivity contribution in [3.63, 3.8) is 0 Å². The van der Waals surface area contributed by atoms with E-state index in [1.54, 1.807) is 36.1 Å². The average Bonchev–Trinajstić information content (AvgIpc) is 2.76. The molecule has 1 amide bonds. The number of anilines is 1. The van der Waals surface area contributed by atoms with Gasteiger partial charge in [0.15, 0.2) is 17.2 Å². The van der Waals surface area contributed by atoms with Gasteiger partial charge in [-0.05, 0) is 6.07 Å². The molecule has 2 heterocycles. The van der Waals surface area contributed by atoms with Crippen molar-refractivity contribution in [3.05, 3.63) is 35.1 Å². The standard InChI is InChI=1S/C14H14ClN3O3/c1-18-4-3-10(17-18)14(19)16-11-8-13-12(7-9(11)15)20-5-2-6-21-13/h3-4,7-8H,2,5-6H2,1H3,(H,16,19). The van der Waals surface area contributed by atoms with E-state index in [1.165, 1.54) is 0 Å². The quantitative estimate of drug-likeness (QED) is 0.925. The van der Waals surface area contributed by atoms with Crippen LogP contribution in [-0.2, 0) is 7.05 Å². The molecule has 2 aromatic rings. The van der Waals surface area contributed by atoms with Gasteiger partial charge in [-0.2, -0.15) is 5.10 Å². The van der Waals surface area contributed by atoms with Gasteiger partial charge in [-0.25, -0.2) is 0 Å². The molecule has 0 radical (unpaired) electrons. The molecule has 6 nitrogen and oxygen atoms in total. The molecule has 110 valence electrons. The van der Waals surface area contributed by atoms with E-state index in [4.69, 9.17) is 21.1 Å². The van der Waals surface area contributed by atoms with Gasteiger partial charge in [0.2, 0.25) is 0 Å². The molecule has 1 aliphatic rings. The zero-order chi connectivity index (χ0) is 14.8. The number of halogens is 1. The van der Waals surface area contributed by atoms with E-state index in [9.17, 15) is 4.79 Å². The van der Waals surface area contributed by atoms with Crippen molar-refractivity contribution in [3.8, 4) is 11.5 Å². The summed E-state index contributed by atoms with van der Waals surface area (Å²) in [6.45, 7) is 1.16. The molecule has 1 aliphatic heterocycles. The molecule has 1 aromatic carbocycles. The van der Waals surface area contributed by atoms with Gasteiger partial charge in [0.1, 0.15) is 0 Å². The highest BCUT2D eigenvalue weighted by Crippen LogP contribution is 2.37. The Kier molecular flexibility index (Phi) is 3.70. The van der Waals surface area contributed by atoms with Crippen molar-refractivity contribution in [1.82, 2.24) is 9.78 Å². The maximum absolute atomic E-state index is 12.1. The van der Waals surface area contributed by atoms with E-state index >= 15 is 0 Å². The summed E-state index contributed by atoms with van der Waals surface area (Å²) >= 11 is 6.18. The molecular formula is C14H14ClN3O3. The molecule has 0 bridgehead atoms. The maximum Gasteiger partial charge on any atom is 0.276 e. The second-order valence-electron chi connectivity index (χ2n) is 4.66. The molecule has 0 saturated heterocycles. The normalized spacial score (nSPS) is 13.6. The minimum atomic E-state index is -0.327. The summed E-state index contributed by atoms with van der Waals surface area (Å²) in [5.41, 5.74) is 0.789. The summed E-state index contributed by atoms with van der Waals surface area (Å²) in [6, 6.07) is 4.95. The number of benzene rings is 1. The lowest BCUT2D eigenvalue weighted by atomic mass is 10.2. The lowest BCUT2D eigenvalue weighted by Gasteiger charge is -2.11. The van der Waals surface area contributed by atoms with E-state index in [1.807, 2.05) is 0 Å². The number of ether oxygens (including phenoxy) is 2. The number of carbonyl (C=O) groups excluding carboxylic acids is 1. The van der Waals surface area contributed by atoms with Crippen molar-refractivity contribution in [2.75, 3.05) is 18.5 Å². The van der Waals surface area contributed by atoms with E-state index in [0.717, 1.165) is 6.42 Å². The van der Waals surface area contributed by atoms with E-state index in [-0.39, 0.29) is 5.91 Å². The number of fused-ring (bicyclic) bond motifs is 1. The maximum atomic E-state index is 12.1. The first-order valence-corrected chi connectivity index (χ1v) is 6.91. The van der Waals surface area contributed by atoms with Crippen molar-refractivity contribution in [2.45, 2.75) is 6.42 Å². The summed E-state index contributed by atoms with van der Waals surface area (Å²) < 4.78 is 12.7. The van der Waals surface area contributed by atoms with Gasteiger partial charge < -0.3 is 14.8 Å². The Morgan fingerprint density at radius 3 is 2.71 bits per heavy atom. The second-order valence-corrected chi connectivity index (χ2v) is 5.07. The summed E-state index contributed by atoms with van der Waals surface area (Å²) in [4.78, 5) is 12.1. The molecule has 7 heteroatoms. The lowest BCUT2D eigenvalue weighted by molar-refractivity contribution is 0.102. The van der Waals surface area contributed by atoms with E-state index in [0.29, 0.717) is 41.1 Å². The Balaban J connectivity index is 1.85. The molecular weight excluding hydrogens is 294 g/mol. The number of hydrogen-bond acceptors (Lipinski definition) is 4. The lowest BCUT2D eigenvalue weighted by Crippen LogP contribution is -2.13. The highest BCUT2D eigenvalue weighted by molar-refractivity contribution is 6.34. The first kappa shape index (κ1) is 13.8. The van der Waals surface area contributed by atoms with Gasteiger partial charge >= 0.3 is 0 Å². The third-order valence-corrected chi connectivity index (χ3v) is 3.34. The number of aryl methyl sites for hydroxylation is 1. The number of amides is 1. The van der Waals surface area contributed by atoms with Crippen LogP contribution in [-0.4, -0.2) is 28.9 Å². The van der Waals surface area contributed by atoms with Crippen molar-refractivity contribution in [2.24, 2.45) is 7.05 Å². The summed E-state index contributed by atoms with van der Waals surface area (Å²) in [5, 5.41) is 7.16. The van der Waals surface area contributed by atoms with Crippen LogP contribution in [0.5, 0.6) is 11.5 Å². The SMILES string of the molecule is Cn1ccc(C(=O)Nc2cc3c(cc2Cl)OCCCO3)n1. The predicted octanol–water partition coefficient (Wildman–Crippen LogP) is 2.49. The van der Waals surface area contributed by atoms with E-state index in [2.05, 4.69) is 10.4 Å². The largest absolute Gasteiger partial charge is 0.490 e. The molecule has 1 N–H and O–H groups in total. The van der Waals surface area contributed by atoms with Crippen LogP contribution in [0.15, 0.2) is 24.4 Å². The van der Waals surface area contributed by atoms with Gasteiger partial charge in [0.05, 0.1) is 23.9 Å². The number of hydrogen-bond donors (Lipinski definition) is 1. The third-order valence-electron chi connectivity index (χ3n) is 3.03. The van der Waals surface area contributed by atoms with Crippen LogP contribution >= 0.6 is 11.6 Å². The van der Waals surface area contributed by atoms with Gasteiger partial charge in [0.25, 0.3) is 5.91 Å².